The second-order valence-electron chi connectivity index (χ2n) is 3.81. The summed E-state index contributed by atoms with van der Waals surface area (Å²) in [6.45, 7) is 7.26. The maximum absolute atomic E-state index is 11.8. The van der Waals surface area contributed by atoms with Crippen LogP contribution in [0.2, 0.25) is 0 Å². The van der Waals surface area contributed by atoms with Crippen LogP contribution in [0, 0.1) is 0 Å². The maximum Gasteiger partial charge on any atom is 0.274 e. The molecule has 0 fully saturated rings. The molecule has 1 aromatic rings. The first-order chi connectivity index (χ1) is 9.22. The number of rotatable bonds is 8. The summed E-state index contributed by atoms with van der Waals surface area (Å²) in [6.07, 6.45) is 0.915. The molecule has 0 bridgehead atoms. The van der Waals surface area contributed by atoms with Crippen LogP contribution in [0.15, 0.2) is 18.2 Å². The third kappa shape index (κ3) is 4.79. The van der Waals surface area contributed by atoms with Crippen molar-refractivity contribution in [2.75, 3.05) is 19.8 Å². The van der Waals surface area contributed by atoms with E-state index < -0.39 is 0 Å². The molecule has 0 aliphatic rings. The molecular formula is C14H21NO4. The average Bonchev–Trinajstić information content (AvgIpc) is 2.43. The second-order valence-corrected chi connectivity index (χ2v) is 3.81. The number of hydrogen-bond donors (Lipinski definition) is 1. The summed E-state index contributed by atoms with van der Waals surface area (Å²) >= 11 is 0. The van der Waals surface area contributed by atoms with Gasteiger partial charge in [-0.1, -0.05) is 6.92 Å². The first-order valence-electron chi connectivity index (χ1n) is 6.54. The standard InChI is InChI=1S/C14H21NO4/c1-4-9-18-12-8-7-11(10-13(12)17-5-2)14(16)15-19-6-3/h7-8,10H,4-6,9H2,1-3H3,(H,15,16). The molecule has 106 valence electrons. The number of amides is 1. The topological polar surface area (TPSA) is 56.8 Å². The van der Waals surface area contributed by atoms with Crippen molar-refractivity contribution in [2.45, 2.75) is 27.2 Å². The Labute approximate surface area is 113 Å². The molecule has 0 aliphatic heterocycles. The summed E-state index contributed by atoms with van der Waals surface area (Å²) in [5.74, 6) is 0.918. The molecule has 0 saturated heterocycles. The van der Waals surface area contributed by atoms with Gasteiger partial charge in [0.15, 0.2) is 11.5 Å². The first-order valence-corrected chi connectivity index (χ1v) is 6.54. The Hall–Kier alpha value is -1.75. The van der Waals surface area contributed by atoms with Crippen LogP contribution in [0.25, 0.3) is 0 Å². The zero-order valence-corrected chi connectivity index (χ0v) is 11.7. The minimum absolute atomic E-state index is 0.301. The number of hydroxylamine groups is 1. The largest absolute Gasteiger partial charge is 0.490 e. The van der Waals surface area contributed by atoms with Gasteiger partial charge in [0.25, 0.3) is 5.91 Å². The summed E-state index contributed by atoms with van der Waals surface area (Å²) in [4.78, 5) is 16.6. The number of hydrogen-bond acceptors (Lipinski definition) is 4. The van der Waals surface area contributed by atoms with Crippen LogP contribution in [0.1, 0.15) is 37.6 Å². The Morgan fingerprint density at radius 2 is 1.89 bits per heavy atom. The number of nitrogens with one attached hydrogen (secondary N) is 1. The molecule has 5 heteroatoms. The second kappa shape index (κ2) is 8.37. The third-order valence-corrected chi connectivity index (χ3v) is 2.28. The summed E-state index contributed by atoms with van der Waals surface area (Å²) in [5.41, 5.74) is 2.82. The van der Waals surface area contributed by atoms with E-state index in [9.17, 15) is 4.79 Å². The van der Waals surface area contributed by atoms with Gasteiger partial charge >= 0.3 is 0 Å². The highest BCUT2D eigenvalue weighted by Crippen LogP contribution is 2.28. The van der Waals surface area contributed by atoms with E-state index in [-0.39, 0.29) is 5.91 Å². The predicted molar refractivity (Wildman–Crippen MR) is 72.5 cm³/mol. The Bertz CT molecular complexity index is 406. The molecule has 0 spiro atoms. The van der Waals surface area contributed by atoms with Crippen molar-refractivity contribution in [3.05, 3.63) is 23.8 Å². The van der Waals surface area contributed by atoms with Crippen molar-refractivity contribution in [1.82, 2.24) is 5.48 Å². The van der Waals surface area contributed by atoms with Crippen molar-refractivity contribution in [3.63, 3.8) is 0 Å². The third-order valence-electron chi connectivity index (χ3n) is 2.28. The van der Waals surface area contributed by atoms with Gasteiger partial charge in [-0.15, -0.1) is 0 Å². The van der Waals surface area contributed by atoms with Crippen LogP contribution in [0.3, 0.4) is 0 Å². The molecule has 5 nitrogen and oxygen atoms in total. The monoisotopic (exact) mass is 267 g/mol. The molecule has 1 rings (SSSR count). The lowest BCUT2D eigenvalue weighted by Crippen LogP contribution is -2.23. The summed E-state index contributed by atoms with van der Waals surface area (Å²) < 4.78 is 11.1. The van der Waals surface area contributed by atoms with E-state index in [2.05, 4.69) is 5.48 Å². The summed E-state index contributed by atoms with van der Waals surface area (Å²) in [5, 5.41) is 0. The van der Waals surface area contributed by atoms with Gasteiger partial charge in [0.2, 0.25) is 0 Å². The SMILES string of the molecule is CCCOc1ccc(C(=O)NOCC)cc1OCC. The van der Waals surface area contributed by atoms with Gasteiger partial charge in [-0.2, -0.15) is 0 Å². The van der Waals surface area contributed by atoms with Crippen LogP contribution < -0.4 is 15.0 Å². The van der Waals surface area contributed by atoms with Crippen LogP contribution in [0.4, 0.5) is 0 Å². The molecule has 19 heavy (non-hydrogen) atoms. The van der Waals surface area contributed by atoms with Crippen LogP contribution in [-0.4, -0.2) is 25.7 Å². The minimum Gasteiger partial charge on any atom is -0.490 e. The van der Waals surface area contributed by atoms with Gasteiger partial charge in [0, 0.05) is 5.56 Å². The molecule has 0 atom stereocenters. The Morgan fingerprint density at radius 3 is 2.53 bits per heavy atom. The van der Waals surface area contributed by atoms with E-state index in [0.29, 0.717) is 36.9 Å². The van der Waals surface area contributed by atoms with E-state index >= 15 is 0 Å². The van der Waals surface area contributed by atoms with Crippen molar-refractivity contribution in [3.8, 4) is 11.5 Å². The quantitative estimate of drug-likeness (QED) is 0.735. The highest BCUT2D eigenvalue weighted by Gasteiger charge is 2.11. The fourth-order valence-corrected chi connectivity index (χ4v) is 1.45. The number of benzene rings is 1. The molecule has 1 N–H and O–H groups in total. The lowest BCUT2D eigenvalue weighted by molar-refractivity contribution is 0.0364. The van der Waals surface area contributed by atoms with Crippen LogP contribution >= 0.6 is 0 Å². The zero-order chi connectivity index (χ0) is 14.1. The van der Waals surface area contributed by atoms with Gasteiger partial charge in [0.05, 0.1) is 19.8 Å². The summed E-state index contributed by atoms with van der Waals surface area (Å²) in [7, 11) is 0. The van der Waals surface area contributed by atoms with Crippen molar-refractivity contribution < 1.29 is 19.1 Å². The normalized spacial score (nSPS) is 10.1. The lowest BCUT2D eigenvalue weighted by atomic mass is 10.2. The lowest BCUT2D eigenvalue weighted by Gasteiger charge is -2.12. The fourth-order valence-electron chi connectivity index (χ4n) is 1.45. The van der Waals surface area contributed by atoms with Crippen LogP contribution in [-0.2, 0) is 4.84 Å². The highest BCUT2D eigenvalue weighted by molar-refractivity contribution is 5.94. The van der Waals surface area contributed by atoms with Crippen molar-refractivity contribution >= 4 is 5.91 Å². The van der Waals surface area contributed by atoms with E-state index in [1.165, 1.54) is 0 Å². The van der Waals surface area contributed by atoms with Gasteiger partial charge < -0.3 is 9.47 Å². The van der Waals surface area contributed by atoms with Gasteiger partial charge in [-0.05, 0) is 38.5 Å². The average molecular weight is 267 g/mol. The zero-order valence-electron chi connectivity index (χ0n) is 11.7. The predicted octanol–water partition coefficient (Wildman–Crippen LogP) is 2.56. The molecule has 0 unspecified atom stereocenters. The number of carbonyl (C=O) groups is 1. The molecule has 0 saturated carbocycles. The molecule has 1 aromatic carbocycles. The first kappa shape index (κ1) is 15.3. The van der Waals surface area contributed by atoms with Crippen molar-refractivity contribution in [2.24, 2.45) is 0 Å². The molecule has 1 amide bonds. The van der Waals surface area contributed by atoms with Crippen LogP contribution in [0.5, 0.6) is 11.5 Å². The maximum atomic E-state index is 11.8. The summed E-state index contributed by atoms with van der Waals surface area (Å²) in [6, 6.07) is 5.08. The Kier molecular flexibility index (Phi) is 6.74. The highest BCUT2D eigenvalue weighted by atomic mass is 16.6. The van der Waals surface area contributed by atoms with Crippen molar-refractivity contribution in [1.29, 1.82) is 0 Å². The number of carbonyl (C=O) groups excluding carboxylic acids is 1. The van der Waals surface area contributed by atoms with Gasteiger partial charge in [0.1, 0.15) is 0 Å². The number of ether oxygens (including phenoxy) is 2. The Balaban J connectivity index is 2.84. The van der Waals surface area contributed by atoms with E-state index in [1.54, 1.807) is 25.1 Å². The molecular weight excluding hydrogens is 246 g/mol. The molecule has 0 radical (unpaired) electrons. The molecule has 0 heterocycles. The smallest absolute Gasteiger partial charge is 0.274 e. The fraction of sp³-hybridized carbons (Fsp3) is 0.500. The minimum atomic E-state index is -0.301. The van der Waals surface area contributed by atoms with Gasteiger partial charge in [-0.3, -0.25) is 9.63 Å². The molecule has 0 aliphatic carbocycles. The Morgan fingerprint density at radius 1 is 1.11 bits per heavy atom. The van der Waals surface area contributed by atoms with E-state index in [1.807, 2.05) is 13.8 Å². The van der Waals surface area contributed by atoms with Gasteiger partial charge in [-0.25, -0.2) is 5.48 Å². The van der Waals surface area contributed by atoms with E-state index in [0.717, 1.165) is 6.42 Å². The van der Waals surface area contributed by atoms with E-state index in [4.69, 9.17) is 14.3 Å². The molecule has 0 aromatic heterocycles.